The number of nitrogens with zero attached hydrogens (tertiary/aromatic N) is 3. The van der Waals surface area contributed by atoms with E-state index >= 15 is 0 Å². The maximum absolute atomic E-state index is 12.9. The van der Waals surface area contributed by atoms with Crippen LogP contribution in [0.15, 0.2) is 35.6 Å². The van der Waals surface area contributed by atoms with Gasteiger partial charge >= 0.3 is 0 Å². The number of aryl methyl sites for hydroxylation is 1. The van der Waals surface area contributed by atoms with Crippen LogP contribution in [0.4, 0.5) is 0 Å². The number of hydrogen-bond acceptors (Lipinski definition) is 5. The molecule has 0 radical (unpaired) electrons. The molecule has 3 rings (SSSR count). The summed E-state index contributed by atoms with van der Waals surface area (Å²) in [6.45, 7) is 2.51. The van der Waals surface area contributed by atoms with Crippen molar-refractivity contribution in [2.24, 2.45) is 0 Å². The van der Waals surface area contributed by atoms with Gasteiger partial charge < -0.3 is 4.74 Å². The Balaban J connectivity index is 1.94. The van der Waals surface area contributed by atoms with E-state index in [0.29, 0.717) is 35.7 Å². The van der Waals surface area contributed by atoms with Crippen LogP contribution >= 0.6 is 0 Å². The predicted molar refractivity (Wildman–Crippen MR) is 81.1 cm³/mol. The summed E-state index contributed by atoms with van der Waals surface area (Å²) in [5.41, 5.74) is 2.46. The molecule has 7 heteroatoms. The highest BCUT2D eigenvalue weighted by molar-refractivity contribution is 7.89. The molecule has 0 saturated heterocycles. The molecule has 1 aliphatic rings. The third kappa shape index (κ3) is 2.57. The first-order valence-electron chi connectivity index (χ1n) is 6.95. The van der Waals surface area contributed by atoms with Crippen molar-refractivity contribution in [2.45, 2.75) is 24.8 Å². The summed E-state index contributed by atoms with van der Waals surface area (Å²) >= 11 is 0. The van der Waals surface area contributed by atoms with E-state index in [1.807, 2.05) is 0 Å². The molecule has 1 aliphatic heterocycles. The molecule has 0 N–H and O–H groups in total. The minimum Gasteiger partial charge on any atom is -0.497 e. The number of aromatic nitrogens is 2. The van der Waals surface area contributed by atoms with Gasteiger partial charge in [0.05, 0.1) is 12.0 Å². The van der Waals surface area contributed by atoms with Gasteiger partial charge in [0.15, 0.2) is 0 Å². The van der Waals surface area contributed by atoms with Crippen molar-refractivity contribution in [3.63, 3.8) is 0 Å². The first-order valence-corrected chi connectivity index (χ1v) is 8.39. The van der Waals surface area contributed by atoms with E-state index in [9.17, 15) is 8.42 Å². The average molecular weight is 319 g/mol. The topological polar surface area (TPSA) is 72.4 Å². The largest absolute Gasteiger partial charge is 0.497 e. The highest BCUT2D eigenvalue weighted by Gasteiger charge is 2.30. The lowest BCUT2D eigenvalue weighted by Gasteiger charge is -2.27. The second-order valence-electron chi connectivity index (χ2n) is 5.21. The van der Waals surface area contributed by atoms with Gasteiger partial charge in [-0.2, -0.15) is 4.31 Å². The van der Waals surface area contributed by atoms with Gasteiger partial charge in [-0.05, 0) is 30.7 Å². The molecule has 0 fully saturated rings. The molecule has 0 spiro atoms. The maximum Gasteiger partial charge on any atom is 0.243 e. The number of sulfonamides is 1. The number of methoxy groups -OCH3 is 1. The molecule has 22 heavy (non-hydrogen) atoms. The Hall–Kier alpha value is -1.99. The van der Waals surface area contributed by atoms with E-state index in [0.717, 1.165) is 11.3 Å². The minimum absolute atomic E-state index is 0.309. The smallest absolute Gasteiger partial charge is 0.243 e. The Labute approximate surface area is 129 Å². The molecule has 1 aromatic heterocycles. The van der Waals surface area contributed by atoms with Gasteiger partial charge in [-0.15, -0.1) is 0 Å². The van der Waals surface area contributed by atoms with E-state index in [1.165, 1.54) is 10.6 Å². The van der Waals surface area contributed by atoms with E-state index in [-0.39, 0.29) is 0 Å². The Morgan fingerprint density at radius 1 is 1.32 bits per heavy atom. The van der Waals surface area contributed by atoms with Crippen molar-refractivity contribution in [3.05, 3.63) is 47.5 Å². The van der Waals surface area contributed by atoms with Crippen LogP contribution in [-0.4, -0.2) is 36.3 Å². The Morgan fingerprint density at radius 2 is 2.14 bits per heavy atom. The van der Waals surface area contributed by atoms with Crippen molar-refractivity contribution in [1.82, 2.24) is 14.3 Å². The fraction of sp³-hybridized carbons (Fsp3) is 0.333. The van der Waals surface area contributed by atoms with Crippen LogP contribution in [0.1, 0.15) is 16.8 Å². The van der Waals surface area contributed by atoms with Gasteiger partial charge in [0, 0.05) is 37.0 Å². The molecule has 2 aromatic rings. The van der Waals surface area contributed by atoms with E-state index in [1.54, 1.807) is 38.4 Å². The quantitative estimate of drug-likeness (QED) is 0.858. The Morgan fingerprint density at radius 3 is 2.86 bits per heavy atom. The molecule has 6 nitrogen and oxygen atoms in total. The summed E-state index contributed by atoms with van der Waals surface area (Å²) in [5.74, 6) is 0.647. The monoisotopic (exact) mass is 319 g/mol. The minimum atomic E-state index is -3.54. The molecule has 1 aromatic carbocycles. The molecular weight excluding hydrogens is 302 g/mol. The van der Waals surface area contributed by atoms with E-state index < -0.39 is 10.0 Å². The van der Waals surface area contributed by atoms with Crippen LogP contribution in [0, 0.1) is 6.92 Å². The number of benzene rings is 1. The molecule has 116 valence electrons. The van der Waals surface area contributed by atoms with Gasteiger partial charge in [0.1, 0.15) is 12.1 Å². The average Bonchev–Trinajstić information content (AvgIpc) is 2.54. The number of rotatable bonds is 3. The van der Waals surface area contributed by atoms with Crippen molar-refractivity contribution in [1.29, 1.82) is 0 Å². The number of hydrogen-bond donors (Lipinski definition) is 0. The molecule has 0 aliphatic carbocycles. The lowest BCUT2D eigenvalue weighted by atomic mass is 10.1. The normalized spacial score (nSPS) is 15.4. The van der Waals surface area contributed by atoms with Crippen LogP contribution in [0.3, 0.4) is 0 Å². The first kappa shape index (κ1) is 14.9. The van der Waals surface area contributed by atoms with Crippen molar-refractivity contribution in [3.8, 4) is 5.75 Å². The third-order valence-electron chi connectivity index (χ3n) is 3.83. The van der Waals surface area contributed by atoms with E-state index in [4.69, 9.17) is 4.74 Å². The summed E-state index contributed by atoms with van der Waals surface area (Å²) in [7, 11) is -1.98. The number of fused-ring (bicyclic) bond motifs is 1. The summed E-state index contributed by atoms with van der Waals surface area (Å²) in [6.07, 6.45) is 3.79. The van der Waals surface area contributed by atoms with Crippen LogP contribution in [0.5, 0.6) is 5.75 Å². The summed E-state index contributed by atoms with van der Waals surface area (Å²) < 4.78 is 32.3. The van der Waals surface area contributed by atoms with Gasteiger partial charge in [-0.1, -0.05) is 0 Å². The van der Waals surface area contributed by atoms with Crippen molar-refractivity contribution in [2.75, 3.05) is 13.7 Å². The second kappa shape index (κ2) is 5.66. The Bertz CT molecular complexity index is 805. The lowest BCUT2D eigenvalue weighted by Crippen LogP contribution is -2.36. The molecule has 0 bridgehead atoms. The molecule has 0 unspecified atom stereocenters. The fourth-order valence-corrected chi connectivity index (χ4v) is 4.25. The zero-order valence-corrected chi connectivity index (χ0v) is 13.3. The number of ether oxygens (including phenoxy) is 1. The molecular formula is C15H17N3O3S. The van der Waals surface area contributed by atoms with Crippen LogP contribution in [0.2, 0.25) is 0 Å². The SMILES string of the molecule is COc1ccc(S(=O)(=O)N2CCc3ncncc3C2)c(C)c1. The second-order valence-corrected chi connectivity index (χ2v) is 7.12. The zero-order chi connectivity index (χ0) is 15.7. The first-order chi connectivity index (χ1) is 10.5. The van der Waals surface area contributed by atoms with Gasteiger partial charge in [-0.25, -0.2) is 18.4 Å². The van der Waals surface area contributed by atoms with Gasteiger partial charge in [-0.3, -0.25) is 0 Å². The van der Waals surface area contributed by atoms with Gasteiger partial charge in [0.25, 0.3) is 0 Å². The van der Waals surface area contributed by atoms with Crippen LogP contribution in [0.25, 0.3) is 0 Å². The fourth-order valence-electron chi connectivity index (χ4n) is 2.62. The van der Waals surface area contributed by atoms with Crippen LogP contribution in [-0.2, 0) is 23.0 Å². The predicted octanol–water partition coefficient (Wildman–Crippen LogP) is 1.54. The van der Waals surface area contributed by atoms with Crippen molar-refractivity contribution < 1.29 is 13.2 Å². The van der Waals surface area contributed by atoms with E-state index in [2.05, 4.69) is 9.97 Å². The summed E-state index contributed by atoms with van der Waals surface area (Å²) in [4.78, 5) is 8.49. The standard InChI is InChI=1S/C15H17N3O3S/c1-11-7-13(21-2)3-4-15(11)22(19,20)18-6-5-14-12(9-18)8-16-10-17-14/h3-4,7-8,10H,5-6,9H2,1-2H3. The molecule has 0 saturated carbocycles. The molecule has 2 heterocycles. The van der Waals surface area contributed by atoms with Gasteiger partial charge in [0.2, 0.25) is 10.0 Å². The lowest BCUT2D eigenvalue weighted by molar-refractivity contribution is 0.386. The third-order valence-corrected chi connectivity index (χ3v) is 5.83. The van der Waals surface area contributed by atoms with Crippen molar-refractivity contribution >= 4 is 10.0 Å². The maximum atomic E-state index is 12.9. The summed E-state index contributed by atoms with van der Waals surface area (Å²) in [5, 5.41) is 0. The Kier molecular flexibility index (Phi) is 3.84. The summed E-state index contributed by atoms with van der Waals surface area (Å²) in [6, 6.07) is 5.00. The highest BCUT2D eigenvalue weighted by Crippen LogP contribution is 2.27. The molecule has 0 atom stereocenters. The zero-order valence-electron chi connectivity index (χ0n) is 12.5. The van der Waals surface area contributed by atoms with Crippen LogP contribution < -0.4 is 4.74 Å². The highest BCUT2D eigenvalue weighted by atomic mass is 32.2. The molecule has 0 amide bonds.